The lowest BCUT2D eigenvalue weighted by Crippen LogP contribution is -2.53. The second-order valence-corrected chi connectivity index (χ2v) is 10.2. The zero-order chi connectivity index (χ0) is 25.5. The quantitative estimate of drug-likeness (QED) is 0.522. The van der Waals surface area contributed by atoms with Crippen molar-refractivity contribution in [3.05, 3.63) is 65.5 Å². The Morgan fingerprint density at radius 3 is 2.09 bits per heavy atom. The maximum absolute atomic E-state index is 13.6. The summed E-state index contributed by atoms with van der Waals surface area (Å²) in [5.74, 6) is -1.39. The monoisotopic (exact) mass is 492 g/mol. The first-order valence-electron chi connectivity index (χ1n) is 11.1. The lowest BCUT2D eigenvalue weighted by molar-refractivity contribution is -0.140. The number of nitrogens with one attached hydrogen (secondary N) is 1. The number of nitrogens with zero attached hydrogens (tertiary/aromatic N) is 3. The Labute approximate surface area is 201 Å². The highest BCUT2D eigenvalue weighted by atomic mass is 32.2. The average molecular weight is 493 g/mol. The minimum absolute atomic E-state index is 0.133. The molecule has 2 aromatic carbocycles. The summed E-state index contributed by atoms with van der Waals surface area (Å²) in [6.45, 7) is 5.52. The fourth-order valence-corrected chi connectivity index (χ4v) is 4.48. The summed E-state index contributed by atoms with van der Waals surface area (Å²) in [6, 6.07) is 11.6. The van der Waals surface area contributed by atoms with E-state index in [0.29, 0.717) is 13.0 Å². The van der Waals surface area contributed by atoms with Crippen molar-refractivity contribution in [3.8, 4) is 0 Å². The molecule has 0 aromatic heterocycles. The summed E-state index contributed by atoms with van der Waals surface area (Å²) in [5.41, 5.74) is 2.01. The van der Waals surface area contributed by atoms with Gasteiger partial charge in [-0.15, -0.1) is 0 Å². The number of halogens is 1. The summed E-state index contributed by atoms with van der Waals surface area (Å²) in [6.07, 6.45) is 0.348. The molecule has 1 atom stereocenters. The Bertz CT molecular complexity index is 1070. The largest absolute Gasteiger partial charge is 0.355 e. The van der Waals surface area contributed by atoms with Gasteiger partial charge < -0.3 is 10.2 Å². The minimum Gasteiger partial charge on any atom is -0.355 e. The van der Waals surface area contributed by atoms with Gasteiger partial charge in [0, 0.05) is 27.2 Å². The van der Waals surface area contributed by atoms with Crippen molar-refractivity contribution >= 4 is 27.7 Å². The molecule has 34 heavy (non-hydrogen) atoms. The van der Waals surface area contributed by atoms with Crippen LogP contribution in [0.4, 0.5) is 10.1 Å². The zero-order valence-electron chi connectivity index (χ0n) is 20.3. The number of amides is 2. The van der Waals surface area contributed by atoms with E-state index in [-0.39, 0.29) is 18.1 Å². The highest BCUT2D eigenvalue weighted by Gasteiger charge is 2.33. The van der Waals surface area contributed by atoms with Gasteiger partial charge in [-0.3, -0.25) is 9.59 Å². The van der Waals surface area contributed by atoms with Gasteiger partial charge in [-0.2, -0.15) is 12.7 Å². The molecule has 0 radical (unpaired) electrons. The zero-order valence-corrected chi connectivity index (χ0v) is 21.1. The summed E-state index contributed by atoms with van der Waals surface area (Å²) < 4.78 is 41.5. The van der Waals surface area contributed by atoms with Crippen LogP contribution in [-0.4, -0.2) is 62.7 Å². The minimum atomic E-state index is -4.08. The second-order valence-electron chi connectivity index (χ2n) is 8.10. The van der Waals surface area contributed by atoms with Gasteiger partial charge in [-0.25, -0.2) is 8.70 Å². The molecule has 0 heterocycles. The van der Waals surface area contributed by atoms with Gasteiger partial charge in [0.2, 0.25) is 11.8 Å². The van der Waals surface area contributed by atoms with Crippen LogP contribution in [0.2, 0.25) is 0 Å². The normalized spacial score (nSPS) is 12.3. The Hall–Kier alpha value is -2.98. The van der Waals surface area contributed by atoms with E-state index < -0.39 is 34.5 Å². The molecule has 2 rings (SSSR count). The van der Waals surface area contributed by atoms with Gasteiger partial charge in [0.25, 0.3) is 0 Å². The fourth-order valence-electron chi connectivity index (χ4n) is 3.43. The van der Waals surface area contributed by atoms with Crippen molar-refractivity contribution in [2.45, 2.75) is 39.8 Å². The molecule has 0 saturated heterocycles. The summed E-state index contributed by atoms with van der Waals surface area (Å²) in [7, 11) is -1.38. The Balaban J connectivity index is 2.47. The van der Waals surface area contributed by atoms with Crippen molar-refractivity contribution in [1.82, 2.24) is 14.5 Å². The molecule has 0 spiro atoms. The lowest BCUT2D eigenvalue weighted by atomic mass is 10.1. The van der Waals surface area contributed by atoms with Crippen LogP contribution in [-0.2, 0) is 26.3 Å². The van der Waals surface area contributed by atoms with Crippen LogP contribution < -0.4 is 9.62 Å². The third kappa shape index (κ3) is 6.77. The van der Waals surface area contributed by atoms with E-state index >= 15 is 0 Å². The lowest BCUT2D eigenvalue weighted by Gasteiger charge is -2.33. The standard InChI is InChI=1S/C24H33FN4O4S/c1-6-22(24(31)26-7-2)28(16-19-10-8-18(3)9-11-19)23(30)17-29(34(32,33)27(4)5)21-14-12-20(25)13-15-21/h8-15,22H,6-7,16-17H2,1-5H3,(H,26,31)/t22-/m0/s1. The molecule has 10 heteroatoms. The van der Waals surface area contributed by atoms with Crippen LogP contribution >= 0.6 is 0 Å². The molecule has 2 aromatic rings. The summed E-state index contributed by atoms with van der Waals surface area (Å²) >= 11 is 0. The van der Waals surface area contributed by atoms with Crippen molar-refractivity contribution in [3.63, 3.8) is 0 Å². The van der Waals surface area contributed by atoms with E-state index in [4.69, 9.17) is 0 Å². The van der Waals surface area contributed by atoms with E-state index in [1.54, 1.807) is 13.8 Å². The Kier molecular flexibility index (Phi) is 9.57. The number of rotatable bonds is 11. The maximum atomic E-state index is 13.6. The first-order valence-corrected chi connectivity index (χ1v) is 12.5. The van der Waals surface area contributed by atoms with Crippen LogP contribution in [0.25, 0.3) is 0 Å². The average Bonchev–Trinajstić information content (AvgIpc) is 2.79. The number of likely N-dealkylation sites (N-methyl/N-ethyl adjacent to an activating group) is 1. The van der Waals surface area contributed by atoms with Gasteiger partial charge in [0.05, 0.1) is 5.69 Å². The fraction of sp³-hybridized carbons (Fsp3) is 0.417. The molecule has 0 unspecified atom stereocenters. The van der Waals surface area contributed by atoms with E-state index in [2.05, 4.69) is 5.32 Å². The summed E-state index contributed by atoms with van der Waals surface area (Å²) in [5, 5.41) is 2.75. The molecule has 0 saturated carbocycles. The van der Waals surface area contributed by atoms with Gasteiger partial charge in [-0.1, -0.05) is 36.8 Å². The molecular formula is C24H33FN4O4S. The smallest absolute Gasteiger partial charge is 0.304 e. The van der Waals surface area contributed by atoms with Crippen LogP contribution in [0.15, 0.2) is 48.5 Å². The number of hydrogen-bond donors (Lipinski definition) is 1. The Morgan fingerprint density at radius 2 is 1.59 bits per heavy atom. The molecule has 2 amide bonds. The molecule has 0 aliphatic carbocycles. The molecule has 0 bridgehead atoms. The third-order valence-electron chi connectivity index (χ3n) is 5.34. The van der Waals surface area contributed by atoms with Crippen molar-refractivity contribution in [2.75, 3.05) is 31.5 Å². The number of carbonyl (C=O) groups is 2. The van der Waals surface area contributed by atoms with Crippen LogP contribution in [0, 0.1) is 12.7 Å². The number of benzene rings is 2. The predicted molar refractivity (Wildman–Crippen MR) is 131 cm³/mol. The van der Waals surface area contributed by atoms with E-state index in [1.165, 1.54) is 31.1 Å². The molecule has 0 aliphatic rings. The molecule has 0 aliphatic heterocycles. The van der Waals surface area contributed by atoms with Crippen LogP contribution in [0.1, 0.15) is 31.4 Å². The SMILES string of the molecule is CCNC(=O)[C@H](CC)N(Cc1ccc(C)cc1)C(=O)CN(c1ccc(F)cc1)S(=O)(=O)N(C)C. The molecular weight excluding hydrogens is 459 g/mol. The second kappa shape index (κ2) is 11.9. The highest BCUT2D eigenvalue weighted by molar-refractivity contribution is 7.90. The molecule has 0 fully saturated rings. The number of aryl methyl sites for hydroxylation is 1. The van der Waals surface area contributed by atoms with Gasteiger partial charge in [0.1, 0.15) is 18.4 Å². The maximum Gasteiger partial charge on any atom is 0.304 e. The molecule has 1 N–H and O–H groups in total. The molecule has 186 valence electrons. The number of carbonyl (C=O) groups excluding carboxylic acids is 2. The predicted octanol–water partition coefficient (Wildman–Crippen LogP) is 2.69. The topological polar surface area (TPSA) is 90.0 Å². The van der Waals surface area contributed by atoms with Crippen molar-refractivity contribution in [2.24, 2.45) is 0 Å². The van der Waals surface area contributed by atoms with Crippen LogP contribution in [0.3, 0.4) is 0 Å². The van der Waals surface area contributed by atoms with Gasteiger partial charge >= 0.3 is 10.2 Å². The third-order valence-corrected chi connectivity index (χ3v) is 7.16. The summed E-state index contributed by atoms with van der Waals surface area (Å²) in [4.78, 5) is 27.8. The van der Waals surface area contributed by atoms with Gasteiger partial charge in [-0.05, 0) is 50.1 Å². The molecule has 8 nitrogen and oxygen atoms in total. The first kappa shape index (κ1) is 27.3. The van der Waals surface area contributed by atoms with E-state index in [0.717, 1.165) is 31.9 Å². The number of anilines is 1. The number of hydrogen-bond acceptors (Lipinski definition) is 4. The first-order chi connectivity index (χ1) is 16.0. The van der Waals surface area contributed by atoms with E-state index in [1.807, 2.05) is 31.2 Å². The van der Waals surface area contributed by atoms with Gasteiger partial charge in [0.15, 0.2) is 0 Å². The Morgan fingerprint density at radius 1 is 1.00 bits per heavy atom. The van der Waals surface area contributed by atoms with E-state index in [9.17, 15) is 22.4 Å². The van der Waals surface area contributed by atoms with Crippen molar-refractivity contribution < 1.29 is 22.4 Å². The van der Waals surface area contributed by atoms with Crippen LogP contribution in [0.5, 0.6) is 0 Å². The highest BCUT2D eigenvalue weighted by Crippen LogP contribution is 2.22. The van der Waals surface area contributed by atoms with Crippen molar-refractivity contribution in [1.29, 1.82) is 0 Å².